The summed E-state index contributed by atoms with van der Waals surface area (Å²) in [5.41, 5.74) is 6.93. The fraction of sp³-hybridized carbons (Fsp3) is 1.00. The molecule has 1 aliphatic heterocycles. The first-order chi connectivity index (χ1) is 9.87. The van der Waals surface area contributed by atoms with Gasteiger partial charge in [0.25, 0.3) is 0 Å². The molecular weight excluding hydrogens is 260 g/mol. The maximum atomic E-state index is 6.23. The van der Waals surface area contributed by atoms with Gasteiger partial charge in [-0.1, -0.05) is 20.8 Å². The Morgan fingerprint density at radius 3 is 2.14 bits per heavy atom. The van der Waals surface area contributed by atoms with Crippen molar-refractivity contribution in [3.8, 4) is 0 Å². The number of hydrogen-bond acceptors (Lipinski definition) is 3. The van der Waals surface area contributed by atoms with Crippen molar-refractivity contribution in [2.24, 2.45) is 23.0 Å². The summed E-state index contributed by atoms with van der Waals surface area (Å²) < 4.78 is 5.49. The molecule has 0 aromatic carbocycles. The van der Waals surface area contributed by atoms with E-state index in [0.717, 1.165) is 31.6 Å². The third-order valence-electron chi connectivity index (χ3n) is 6.20. The SMILES string of the molecule is CN(CC1CCOCC1)C1(CN)CCC(C(C)(C)C)CC1. The van der Waals surface area contributed by atoms with Gasteiger partial charge in [0.1, 0.15) is 0 Å². The molecule has 0 atom stereocenters. The molecule has 0 aromatic rings. The van der Waals surface area contributed by atoms with Crippen LogP contribution in [0, 0.1) is 17.3 Å². The monoisotopic (exact) mass is 296 g/mol. The van der Waals surface area contributed by atoms with Gasteiger partial charge in [-0.15, -0.1) is 0 Å². The quantitative estimate of drug-likeness (QED) is 0.865. The fourth-order valence-electron chi connectivity index (χ4n) is 4.27. The van der Waals surface area contributed by atoms with E-state index in [2.05, 4.69) is 32.7 Å². The van der Waals surface area contributed by atoms with Gasteiger partial charge in [0, 0.05) is 31.8 Å². The predicted octanol–water partition coefficient (Wildman–Crippen LogP) is 3.28. The molecule has 0 unspecified atom stereocenters. The van der Waals surface area contributed by atoms with E-state index in [1.54, 1.807) is 0 Å². The summed E-state index contributed by atoms with van der Waals surface area (Å²) in [5.74, 6) is 1.65. The molecule has 3 nitrogen and oxygen atoms in total. The summed E-state index contributed by atoms with van der Waals surface area (Å²) in [7, 11) is 2.31. The van der Waals surface area contributed by atoms with Gasteiger partial charge in [-0.3, -0.25) is 4.90 Å². The first-order valence-corrected chi connectivity index (χ1v) is 8.86. The molecule has 3 heteroatoms. The van der Waals surface area contributed by atoms with Gasteiger partial charge in [-0.05, 0) is 62.8 Å². The minimum absolute atomic E-state index is 0.250. The summed E-state index contributed by atoms with van der Waals surface area (Å²) in [6.07, 6.45) is 7.64. The van der Waals surface area contributed by atoms with Gasteiger partial charge in [0.15, 0.2) is 0 Å². The second-order valence-corrected chi connectivity index (χ2v) is 8.51. The zero-order valence-electron chi connectivity index (χ0n) is 14.7. The average Bonchev–Trinajstić information content (AvgIpc) is 2.47. The van der Waals surface area contributed by atoms with Crippen LogP contribution in [0.15, 0.2) is 0 Å². The van der Waals surface area contributed by atoms with Crippen molar-refractivity contribution < 1.29 is 4.74 Å². The van der Waals surface area contributed by atoms with Crippen LogP contribution in [0.4, 0.5) is 0 Å². The van der Waals surface area contributed by atoms with Gasteiger partial charge < -0.3 is 10.5 Å². The number of hydrogen-bond donors (Lipinski definition) is 1. The molecule has 1 saturated heterocycles. The summed E-state index contributed by atoms with van der Waals surface area (Å²) >= 11 is 0. The lowest BCUT2D eigenvalue weighted by Crippen LogP contribution is -2.56. The average molecular weight is 296 g/mol. The lowest BCUT2D eigenvalue weighted by molar-refractivity contribution is 0.00575. The van der Waals surface area contributed by atoms with Crippen LogP contribution in [0.2, 0.25) is 0 Å². The number of nitrogens with zero attached hydrogens (tertiary/aromatic N) is 1. The predicted molar refractivity (Wildman–Crippen MR) is 89.4 cm³/mol. The summed E-state index contributed by atoms with van der Waals surface area (Å²) in [4.78, 5) is 2.60. The van der Waals surface area contributed by atoms with E-state index in [4.69, 9.17) is 10.5 Å². The fourth-order valence-corrected chi connectivity index (χ4v) is 4.27. The highest BCUT2D eigenvalue weighted by atomic mass is 16.5. The largest absolute Gasteiger partial charge is 0.381 e. The van der Waals surface area contributed by atoms with Gasteiger partial charge >= 0.3 is 0 Å². The van der Waals surface area contributed by atoms with Gasteiger partial charge in [-0.2, -0.15) is 0 Å². The van der Waals surface area contributed by atoms with E-state index in [0.29, 0.717) is 5.41 Å². The molecule has 124 valence electrons. The summed E-state index contributed by atoms with van der Waals surface area (Å²) in [6, 6.07) is 0. The second-order valence-electron chi connectivity index (χ2n) is 8.51. The summed E-state index contributed by atoms with van der Waals surface area (Å²) in [5, 5.41) is 0. The van der Waals surface area contributed by atoms with E-state index >= 15 is 0 Å². The highest BCUT2D eigenvalue weighted by molar-refractivity contribution is 4.97. The van der Waals surface area contributed by atoms with Crippen LogP contribution in [0.3, 0.4) is 0 Å². The van der Waals surface area contributed by atoms with E-state index in [1.165, 1.54) is 45.1 Å². The Morgan fingerprint density at radius 2 is 1.67 bits per heavy atom. The lowest BCUT2D eigenvalue weighted by atomic mass is 9.66. The Kier molecular flexibility index (Phi) is 5.72. The van der Waals surface area contributed by atoms with Crippen molar-refractivity contribution >= 4 is 0 Å². The molecule has 2 fully saturated rings. The molecule has 2 aliphatic rings. The van der Waals surface area contributed by atoms with Crippen molar-refractivity contribution in [3.05, 3.63) is 0 Å². The van der Waals surface area contributed by atoms with Crippen LogP contribution < -0.4 is 5.73 Å². The topological polar surface area (TPSA) is 38.5 Å². The van der Waals surface area contributed by atoms with E-state index in [-0.39, 0.29) is 5.54 Å². The first kappa shape index (κ1) is 17.2. The molecule has 0 spiro atoms. The zero-order valence-corrected chi connectivity index (χ0v) is 14.7. The molecule has 2 rings (SSSR count). The smallest absolute Gasteiger partial charge is 0.0469 e. The van der Waals surface area contributed by atoms with Crippen LogP contribution in [0.25, 0.3) is 0 Å². The van der Waals surface area contributed by atoms with Crippen LogP contribution >= 0.6 is 0 Å². The number of likely N-dealkylation sites (N-methyl/N-ethyl adjacent to an activating group) is 1. The van der Waals surface area contributed by atoms with Crippen molar-refractivity contribution in [2.75, 3.05) is 33.4 Å². The van der Waals surface area contributed by atoms with Crippen LogP contribution in [0.5, 0.6) is 0 Å². The maximum absolute atomic E-state index is 6.23. The molecule has 0 amide bonds. The number of nitrogens with two attached hydrogens (primary N) is 1. The Hall–Kier alpha value is -0.120. The Morgan fingerprint density at radius 1 is 1.10 bits per heavy atom. The maximum Gasteiger partial charge on any atom is 0.0469 e. The minimum Gasteiger partial charge on any atom is -0.381 e. The Balaban J connectivity index is 1.92. The standard InChI is InChI=1S/C18H36N2O/c1-17(2,3)16-5-9-18(14-19,10-6-16)20(4)13-15-7-11-21-12-8-15/h15-16H,5-14,19H2,1-4H3. The Labute approximate surface area is 131 Å². The highest BCUT2D eigenvalue weighted by Crippen LogP contribution is 2.43. The second kappa shape index (κ2) is 6.97. The summed E-state index contributed by atoms with van der Waals surface area (Å²) in [6.45, 7) is 11.1. The molecule has 1 aliphatic carbocycles. The van der Waals surface area contributed by atoms with Crippen LogP contribution in [0.1, 0.15) is 59.3 Å². The van der Waals surface area contributed by atoms with Gasteiger partial charge in [-0.25, -0.2) is 0 Å². The first-order valence-electron chi connectivity index (χ1n) is 8.86. The molecule has 1 saturated carbocycles. The molecule has 0 bridgehead atoms. The normalized spacial score (nSPS) is 32.6. The molecule has 2 N–H and O–H groups in total. The zero-order chi connectivity index (χ0) is 15.5. The minimum atomic E-state index is 0.250. The third-order valence-corrected chi connectivity index (χ3v) is 6.20. The molecule has 0 radical (unpaired) electrons. The van der Waals surface area contributed by atoms with E-state index in [9.17, 15) is 0 Å². The molecule has 21 heavy (non-hydrogen) atoms. The van der Waals surface area contributed by atoms with Crippen LogP contribution in [-0.4, -0.2) is 43.8 Å². The Bertz CT molecular complexity index is 310. The van der Waals surface area contributed by atoms with E-state index in [1.807, 2.05) is 0 Å². The number of rotatable bonds is 4. The van der Waals surface area contributed by atoms with Crippen LogP contribution in [-0.2, 0) is 4.74 Å². The molecule has 0 aromatic heterocycles. The molecular formula is C18H36N2O. The van der Waals surface area contributed by atoms with Crippen molar-refractivity contribution in [2.45, 2.75) is 64.8 Å². The highest BCUT2D eigenvalue weighted by Gasteiger charge is 2.40. The number of ether oxygens (including phenoxy) is 1. The van der Waals surface area contributed by atoms with Crippen molar-refractivity contribution in [1.82, 2.24) is 4.90 Å². The lowest BCUT2D eigenvalue weighted by Gasteiger charge is -2.49. The van der Waals surface area contributed by atoms with Crippen molar-refractivity contribution in [3.63, 3.8) is 0 Å². The molecule has 1 heterocycles. The van der Waals surface area contributed by atoms with Gasteiger partial charge in [0.2, 0.25) is 0 Å². The van der Waals surface area contributed by atoms with Gasteiger partial charge in [0.05, 0.1) is 0 Å². The third kappa shape index (κ3) is 4.20. The van der Waals surface area contributed by atoms with E-state index < -0.39 is 0 Å². The van der Waals surface area contributed by atoms with Crippen molar-refractivity contribution in [1.29, 1.82) is 0 Å².